The van der Waals surface area contributed by atoms with Gasteiger partial charge < -0.3 is 87.0 Å². The van der Waals surface area contributed by atoms with Crippen LogP contribution < -0.4 is 10.6 Å². The maximum Gasteiger partial charge on any atom is 0.343 e. The average molecular weight is 647 g/mol. The van der Waals surface area contributed by atoms with Gasteiger partial charge in [0.05, 0.1) is 23.2 Å². The van der Waals surface area contributed by atoms with Gasteiger partial charge in [-0.2, -0.15) is 0 Å². The molecule has 3 atom stereocenters. The number of carbonyl (C=O) groups is 1. The van der Waals surface area contributed by atoms with Crippen LogP contribution in [0.1, 0.15) is 28.4 Å². The van der Waals surface area contributed by atoms with Crippen LogP contribution in [0.15, 0.2) is 0 Å². The zero-order valence-corrected chi connectivity index (χ0v) is 22.2. The monoisotopic (exact) mass is 646 g/mol. The van der Waals surface area contributed by atoms with Gasteiger partial charge in [-0.05, 0) is 0 Å². The number of anilines is 1. The van der Waals surface area contributed by atoms with Crippen molar-refractivity contribution in [3.8, 4) is 80.1 Å². The lowest BCUT2D eigenvalue weighted by molar-refractivity contribution is -0.253. The summed E-state index contributed by atoms with van der Waals surface area (Å²) in [7, 11) is 0. The standard InChI is InChI=1S/C24H23ClN2O17/c25-7-10(29)5(14(33)19(38)16(7)35)21(40)24(44)1-23(43,27-24)2-26-8-11(30)4(13(32)20(39)17(8)36)3-9(28)6(22(41)42)15(34)18(37)12(3)31/h21,26-40,43-44H,1-2H2,(H,41,42). The van der Waals surface area contributed by atoms with E-state index in [1.54, 1.807) is 0 Å². The van der Waals surface area contributed by atoms with E-state index in [1.165, 1.54) is 0 Å². The summed E-state index contributed by atoms with van der Waals surface area (Å²) >= 11 is 5.64. The molecule has 0 spiro atoms. The number of benzene rings is 3. The first kappa shape index (κ1) is 31.6. The maximum atomic E-state index is 11.5. The van der Waals surface area contributed by atoms with Crippen LogP contribution in [0.5, 0.6) is 69.0 Å². The zero-order valence-electron chi connectivity index (χ0n) is 21.4. The van der Waals surface area contributed by atoms with Gasteiger partial charge in [-0.3, -0.25) is 5.32 Å². The summed E-state index contributed by atoms with van der Waals surface area (Å²) in [6.45, 7) is -0.870. The molecule has 0 aromatic heterocycles. The minimum Gasteiger partial charge on any atom is -0.506 e. The molecule has 238 valence electrons. The molecule has 44 heavy (non-hydrogen) atoms. The number of aromatic hydroxyl groups is 12. The van der Waals surface area contributed by atoms with Gasteiger partial charge in [0.1, 0.15) is 39.6 Å². The third-order valence-corrected chi connectivity index (χ3v) is 7.28. The Labute approximate surface area is 247 Å². The molecular formula is C24H23ClN2O17. The fourth-order valence-electron chi connectivity index (χ4n) is 4.76. The number of halogens is 1. The Morgan fingerprint density at radius 2 is 1.18 bits per heavy atom. The number of phenols is 12. The van der Waals surface area contributed by atoms with Crippen molar-refractivity contribution in [2.75, 3.05) is 11.9 Å². The van der Waals surface area contributed by atoms with Crippen LogP contribution in [0.3, 0.4) is 0 Å². The van der Waals surface area contributed by atoms with Crippen LogP contribution in [0.2, 0.25) is 5.02 Å². The third kappa shape index (κ3) is 4.42. The molecule has 0 bridgehead atoms. The minimum atomic E-state index is -2.58. The van der Waals surface area contributed by atoms with Crippen LogP contribution in [0.25, 0.3) is 11.1 Å². The molecule has 18 N–H and O–H groups in total. The number of hydrogen-bond acceptors (Lipinski definition) is 18. The highest BCUT2D eigenvalue weighted by Gasteiger charge is 2.58. The van der Waals surface area contributed by atoms with Gasteiger partial charge in [0.15, 0.2) is 46.0 Å². The van der Waals surface area contributed by atoms with Crippen molar-refractivity contribution in [2.24, 2.45) is 0 Å². The Balaban J connectivity index is 1.69. The van der Waals surface area contributed by atoms with Gasteiger partial charge >= 0.3 is 5.97 Å². The molecule has 3 aromatic carbocycles. The molecular weight excluding hydrogens is 624 g/mol. The van der Waals surface area contributed by atoms with Gasteiger partial charge in [-0.1, -0.05) is 11.6 Å². The van der Waals surface area contributed by atoms with Crippen LogP contribution in [-0.4, -0.2) is 106 Å². The summed E-state index contributed by atoms with van der Waals surface area (Å²) in [4.78, 5) is 11.5. The molecule has 1 saturated heterocycles. The second-order valence-corrected chi connectivity index (χ2v) is 10.1. The van der Waals surface area contributed by atoms with Crippen LogP contribution in [0, 0.1) is 0 Å². The van der Waals surface area contributed by atoms with Gasteiger partial charge in [-0.25, -0.2) is 4.79 Å². The summed E-state index contributed by atoms with van der Waals surface area (Å²) in [6, 6.07) is 0. The molecule has 1 heterocycles. The van der Waals surface area contributed by atoms with Crippen LogP contribution in [-0.2, 0) is 0 Å². The predicted octanol–water partition coefficient (Wildman–Crippen LogP) is -0.312. The molecule has 0 radical (unpaired) electrons. The molecule has 3 aromatic rings. The van der Waals surface area contributed by atoms with Crippen molar-refractivity contribution in [1.82, 2.24) is 5.32 Å². The van der Waals surface area contributed by atoms with E-state index >= 15 is 0 Å². The number of phenolic OH excluding ortho intramolecular Hbond substituents is 10. The van der Waals surface area contributed by atoms with Crippen LogP contribution in [0.4, 0.5) is 5.69 Å². The highest BCUT2D eigenvalue weighted by molar-refractivity contribution is 6.34. The van der Waals surface area contributed by atoms with Crippen molar-refractivity contribution in [2.45, 2.75) is 24.0 Å². The Morgan fingerprint density at radius 1 is 0.705 bits per heavy atom. The molecule has 1 aliphatic rings. The summed E-state index contributed by atoms with van der Waals surface area (Å²) in [5, 5.41) is 167. The highest BCUT2D eigenvalue weighted by atomic mass is 35.5. The van der Waals surface area contributed by atoms with E-state index in [0.717, 1.165) is 0 Å². The van der Waals surface area contributed by atoms with Crippen molar-refractivity contribution < 1.29 is 86.5 Å². The van der Waals surface area contributed by atoms with E-state index in [0.29, 0.717) is 0 Å². The van der Waals surface area contributed by atoms with Crippen molar-refractivity contribution in [3.05, 3.63) is 16.1 Å². The van der Waals surface area contributed by atoms with E-state index in [9.17, 15) is 86.5 Å². The summed E-state index contributed by atoms with van der Waals surface area (Å²) in [6.07, 6.45) is -3.23. The fourth-order valence-corrected chi connectivity index (χ4v) is 4.95. The van der Waals surface area contributed by atoms with E-state index in [4.69, 9.17) is 11.6 Å². The molecule has 0 saturated carbocycles. The van der Waals surface area contributed by atoms with E-state index in [-0.39, 0.29) is 0 Å². The Morgan fingerprint density at radius 3 is 1.70 bits per heavy atom. The Hall–Kier alpha value is -5.34. The number of carboxylic acid groups (broad SMARTS) is 1. The Bertz CT molecular complexity index is 1710. The number of hydrogen-bond donors (Lipinski definition) is 18. The number of carboxylic acids is 1. The summed E-state index contributed by atoms with van der Waals surface area (Å²) in [5.41, 5.74) is -10.6. The van der Waals surface area contributed by atoms with E-state index < -0.39 is 138 Å². The van der Waals surface area contributed by atoms with E-state index in [2.05, 4.69) is 10.6 Å². The van der Waals surface area contributed by atoms with Gasteiger partial charge in [-0.15, -0.1) is 0 Å². The smallest absolute Gasteiger partial charge is 0.343 e. The lowest BCUT2D eigenvalue weighted by atomic mass is 9.81. The van der Waals surface area contributed by atoms with Crippen molar-refractivity contribution in [3.63, 3.8) is 0 Å². The molecule has 0 aliphatic carbocycles. The molecule has 19 nitrogen and oxygen atoms in total. The molecule has 1 aliphatic heterocycles. The third-order valence-electron chi connectivity index (χ3n) is 6.92. The van der Waals surface area contributed by atoms with Gasteiger partial charge in [0, 0.05) is 6.42 Å². The number of rotatable bonds is 7. The molecule has 0 amide bonds. The highest BCUT2D eigenvalue weighted by Crippen LogP contribution is 2.61. The second-order valence-electron chi connectivity index (χ2n) is 9.73. The number of nitrogens with one attached hydrogen (secondary N) is 2. The normalized spacial score (nSPS) is 20.2. The summed E-state index contributed by atoms with van der Waals surface area (Å²) in [5.74, 6) is -18.5. The fraction of sp³-hybridized carbons (Fsp3) is 0.208. The first-order valence-corrected chi connectivity index (χ1v) is 12.1. The first-order chi connectivity index (χ1) is 20.2. The quantitative estimate of drug-likeness (QED) is 0.115. The number of aliphatic hydroxyl groups excluding tert-OH is 1. The average Bonchev–Trinajstić information content (AvgIpc) is 2.93. The molecule has 4 rings (SSSR count). The van der Waals surface area contributed by atoms with E-state index in [1.807, 2.05) is 0 Å². The SMILES string of the molecule is O=C(O)c1c(O)c(O)c(O)c(-c2c(O)c(O)c(O)c(NCC3(O)CC(O)(C(O)c4c(O)c(O)c(O)c(Cl)c4O)N3)c2O)c1O. The topological polar surface area (TPSA) is 365 Å². The zero-order chi connectivity index (χ0) is 33.4. The molecule has 20 heteroatoms. The second kappa shape index (κ2) is 10.1. The predicted molar refractivity (Wildman–Crippen MR) is 141 cm³/mol. The Kier molecular flexibility index (Phi) is 7.28. The lowest BCUT2D eigenvalue weighted by Crippen LogP contribution is -2.76. The minimum absolute atomic E-state index is 0.870. The maximum absolute atomic E-state index is 11.5. The van der Waals surface area contributed by atoms with Crippen molar-refractivity contribution >= 4 is 23.3 Å². The molecule has 1 fully saturated rings. The number of aromatic carboxylic acids is 1. The van der Waals surface area contributed by atoms with Crippen molar-refractivity contribution in [1.29, 1.82) is 0 Å². The largest absolute Gasteiger partial charge is 0.506 e. The molecule has 3 unspecified atom stereocenters. The lowest BCUT2D eigenvalue weighted by Gasteiger charge is -2.53. The van der Waals surface area contributed by atoms with Gasteiger partial charge in [0.25, 0.3) is 0 Å². The van der Waals surface area contributed by atoms with Crippen LogP contribution >= 0.6 is 11.6 Å². The summed E-state index contributed by atoms with van der Waals surface area (Å²) < 4.78 is 0. The first-order valence-electron chi connectivity index (χ1n) is 11.7. The number of aliphatic hydroxyl groups is 3. The van der Waals surface area contributed by atoms with Gasteiger partial charge in [0.2, 0.25) is 17.2 Å².